The Bertz CT molecular complexity index is 1260. The van der Waals surface area contributed by atoms with Gasteiger partial charge in [0, 0.05) is 22.2 Å². The first kappa shape index (κ1) is 20.1. The van der Waals surface area contributed by atoms with Crippen LogP contribution >= 0.6 is 22.9 Å². The van der Waals surface area contributed by atoms with Crippen molar-refractivity contribution < 1.29 is 14.6 Å². The first-order valence-corrected chi connectivity index (χ1v) is 11.3. The lowest BCUT2D eigenvalue weighted by atomic mass is 10.1. The van der Waals surface area contributed by atoms with Gasteiger partial charge in [0.2, 0.25) is 5.78 Å². The molecular formula is C25H20ClNO3S. The van der Waals surface area contributed by atoms with Gasteiger partial charge < -0.3 is 9.84 Å². The smallest absolute Gasteiger partial charge is 0.208 e. The maximum atomic E-state index is 13.3. The monoisotopic (exact) mass is 449 g/mol. The van der Waals surface area contributed by atoms with Crippen molar-refractivity contribution in [3.05, 3.63) is 87.8 Å². The van der Waals surface area contributed by atoms with E-state index in [1.807, 2.05) is 12.1 Å². The van der Waals surface area contributed by atoms with Crippen LogP contribution in [0, 0.1) is 0 Å². The largest absolute Gasteiger partial charge is 0.508 e. The molecule has 4 aromatic rings. The van der Waals surface area contributed by atoms with Gasteiger partial charge in [-0.1, -0.05) is 35.9 Å². The summed E-state index contributed by atoms with van der Waals surface area (Å²) in [7, 11) is 0. The van der Waals surface area contributed by atoms with Crippen molar-refractivity contribution in [1.29, 1.82) is 0 Å². The molecule has 5 rings (SSSR count). The maximum absolute atomic E-state index is 13.3. The number of phenols is 1. The summed E-state index contributed by atoms with van der Waals surface area (Å²) in [5.74, 6) is 1.09. The molecule has 2 heterocycles. The van der Waals surface area contributed by atoms with Crippen LogP contribution in [0.15, 0.2) is 66.7 Å². The molecule has 1 saturated heterocycles. The van der Waals surface area contributed by atoms with Gasteiger partial charge >= 0.3 is 0 Å². The van der Waals surface area contributed by atoms with Gasteiger partial charge in [-0.3, -0.25) is 9.69 Å². The number of benzene rings is 3. The number of carbonyl (C=O) groups excluding carboxylic acids is 1. The first-order valence-electron chi connectivity index (χ1n) is 10.1. The molecule has 0 bridgehead atoms. The van der Waals surface area contributed by atoms with Crippen LogP contribution in [0.2, 0.25) is 5.02 Å². The minimum absolute atomic E-state index is 0.146. The molecule has 1 aromatic heterocycles. The number of halogens is 1. The normalized spacial score (nSPS) is 13.8. The highest BCUT2D eigenvalue weighted by molar-refractivity contribution is 7.21. The number of phenolic OH excluding ortho intramolecular Hbond substituents is 1. The Morgan fingerprint density at radius 3 is 2.55 bits per heavy atom. The Morgan fingerprint density at radius 2 is 1.84 bits per heavy atom. The van der Waals surface area contributed by atoms with Crippen LogP contribution in [0.5, 0.6) is 17.2 Å². The summed E-state index contributed by atoms with van der Waals surface area (Å²) < 4.78 is 7.01. The molecule has 3 aromatic carbocycles. The number of rotatable bonds is 6. The second kappa shape index (κ2) is 8.35. The van der Waals surface area contributed by atoms with E-state index in [-0.39, 0.29) is 11.5 Å². The molecule has 6 heteroatoms. The highest BCUT2D eigenvalue weighted by Crippen LogP contribution is 2.43. The van der Waals surface area contributed by atoms with Crippen molar-refractivity contribution >= 4 is 38.8 Å². The topological polar surface area (TPSA) is 49.8 Å². The Balaban J connectivity index is 1.51. The highest BCUT2D eigenvalue weighted by Gasteiger charge is 2.23. The number of thiophene rings is 1. The predicted molar refractivity (Wildman–Crippen MR) is 125 cm³/mol. The second-order valence-electron chi connectivity index (χ2n) is 7.63. The molecule has 0 unspecified atom stereocenters. The zero-order valence-electron chi connectivity index (χ0n) is 16.7. The Labute approximate surface area is 189 Å². The van der Waals surface area contributed by atoms with Gasteiger partial charge in [-0.15, -0.1) is 11.3 Å². The van der Waals surface area contributed by atoms with E-state index in [9.17, 15) is 9.90 Å². The van der Waals surface area contributed by atoms with E-state index in [1.165, 1.54) is 23.3 Å². The summed E-state index contributed by atoms with van der Waals surface area (Å²) in [4.78, 5) is 16.2. The third kappa shape index (κ3) is 4.04. The SMILES string of the molecule is O=C(c1ccccc1Cl)c1sc2cc(O)ccc2c1Oc1ccc(CN2CCC2)cc1. The average Bonchev–Trinajstić information content (AvgIpc) is 3.09. The number of carbonyl (C=O) groups is 1. The number of ketones is 1. The van der Waals surface area contributed by atoms with Crippen LogP contribution in [-0.4, -0.2) is 28.9 Å². The zero-order chi connectivity index (χ0) is 21.4. The molecule has 1 N–H and O–H groups in total. The summed E-state index contributed by atoms with van der Waals surface area (Å²) in [6, 6.07) is 20.0. The van der Waals surface area contributed by atoms with Crippen LogP contribution in [0.25, 0.3) is 10.1 Å². The van der Waals surface area contributed by atoms with Crippen molar-refractivity contribution in [2.24, 2.45) is 0 Å². The molecule has 0 radical (unpaired) electrons. The Hall–Kier alpha value is -2.86. The van der Waals surface area contributed by atoms with Crippen LogP contribution in [0.3, 0.4) is 0 Å². The summed E-state index contributed by atoms with van der Waals surface area (Å²) in [6.45, 7) is 3.25. The lowest BCUT2D eigenvalue weighted by molar-refractivity contribution is 0.104. The van der Waals surface area contributed by atoms with Gasteiger partial charge in [-0.2, -0.15) is 0 Å². The molecule has 0 aliphatic carbocycles. The predicted octanol–water partition coefficient (Wildman–Crippen LogP) is 6.49. The average molecular weight is 450 g/mol. The second-order valence-corrected chi connectivity index (χ2v) is 9.08. The number of aromatic hydroxyl groups is 1. The lowest BCUT2D eigenvalue weighted by Crippen LogP contribution is -2.36. The zero-order valence-corrected chi connectivity index (χ0v) is 18.2. The fourth-order valence-electron chi connectivity index (χ4n) is 3.66. The van der Waals surface area contributed by atoms with E-state index in [4.69, 9.17) is 16.3 Å². The molecule has 0 atom stereocenters. The number of fused-ring (bicyclic) bond motifs is 1. The quantitative estimate of drug-likeness (QED) is 0.342. The highest BCUT2D eigenvalue weighted by atomic mass is 35.5. The third-order valence-electron chi connectivity index (χ3n) is 5.45. The van der Waals surface area contributed by atoms with Gasteiger partial charge in [-0.05, 0) is 67.5 Å². The number of hydrogen-bond acceptors (Lipinski definition) is 5. The summed E-state index contributed by atoms with van der Waals surface area (Å²) >= 11 is 7.57. The van der Waals surface area contributed by atoms with Gasteiger partial charge in [0.25, 0.3) is 0 Å². The van der Waals surface area contributed by atoms with Crippen molar-refractivity contribution in [1.82, 2.24) is 4.90 Å². The Morgan fingerprint density at radius 1 is 1.06 bits per heavy atom. The number of nitrogens with zero attached hydrogens (tertiary/aromatic N) is 1. The molecule has 0 saturated carbocycles. The minimum atomic E-state index is -0.198. The molecule has 31 heavy (non-hydrogen) atoms. The lowest BCUT2D eigenvalue weighted by Gasteiger charge is -2.30. The minimum Gasteiger partial charge on any atom is -0.508 e. The van der Waals surface area contributed by atoms with Crippen molar-refractivity contribution in [3.63, 3.8) is 0 Å². The standard InChI is InChI=1S/C25H20ClNO3S/c26-21-5-2-1-4-19(21)23(29)25-24(20-11-8-17(28)14-22(20)31-25)30-18-9-6-16(7-10-18)15-27-12-3-13-27/h1-2,4-11,14,28H,3,12-13,15H2. The van der Waals surface area contributed by atoms with Crippen LogP contribution in [0.1, 0.15) is 27.2 Å². The van der Waals surface area contributed by atoms with E-state index >= 15 is 0 Å². The maximum Gasteiger partial charge on any atom is 0.208 e. The van der Waals surface area contributed by atoms with Gasteiger partial charge in [-0.25, -0.2) is 0 Å². The van der Waals surface area contributed by atoms with E-state index in [1.54, 1.807) is 42.5 Å². The molecule has 1 aliphatic heterocycles. The van der Waals surface area contributed by atoms with E-state index in [0.29, 0.717) is 27.0 Å². The molecular weight excluding hydrogens is 430 g/mol. The van der Waals surface area contributed by atoms with Crippen molar-refractivity contribution in [2.75, 3.05) is 13.1 Å². The van der Waals surface area contributed by atoms with Crippen LogP contribution in [-0.2, 0) is 6.54 Å². The molecule has 1 fully saturated rings. The summed E-state index contributed by atoms with van der Waals surface area (Å²) in [6.07, 6.45) is 1.27. The first-order chi connectivity index (χ1) is 15.1. The molecule has 1 aliphatic rings. The molecule has 4 nitrogen and oxygen atoms in total. The summed E-state index contributed by atoms with van der Waals surface area (Å²) in [5.41, 5.74) is 1.66. The number of ether oxygens (including phenoxy) is 1. The van der Waals surface area contributed by atoms with Gasteiger partial charge in [0.1, 0.15) is 16.4 Å². The number of likely N-dealkylation sites (tertiary alicyclic amines) is 1. The Kier molecular flexibility index (Phi) is 5.40. The van der Waals surface area contributed by atoms with Crippen molar-refractivity contribution in [3.8, 4) is 17.2 Å². The molecule has 0 amide bonds. The fourth-order valence-corrected chi connectivity index (χ4v) is 5.00. The van der Waals surface area contributed by atoms with E-state index in [2.05, 4.69) is 17.0 Å². The number of hydrogen-bond donors (Lipinski definition) is 1. The fraction of sp³-hybridized carbons (Fsp3) is 0.160. The van der Waals surface area contributed by atoms with Gasteiger partial charge in [0.15, 0.2) is 5.75 Å². The summed E-state index contributed by atoms with van der Waals surface area (Å²) in [5, 5.41) is 11.1. The molecule has 156 valence electrons. The van der Waals surface area contributed by atoms with Crippen LogP contribution < -0.4 is 4.74 Å². The molecule has 0 spiro atoms. The van der Waals surface area contributed by atoms with Crippen molar-refractivity contribution in [2.45, 2.75) is 13.0 Å². The van der Waals surface area contributed by atoms with E-state index < -0.39 is 0 Å². The van der Waals surface area contributed by atoms with Gasteiger partial charge in [0.05, 0.1) is 5.02 Å². The third-order valence-corrected chi connectivity index (χ3v) is 6.91. The van der Waals surface area contributed by atoms with Crippen LogP contribution in [0.4, 0.5) is 0 Å². The van der Waals surface area contributed by atoms with E-state index in [0.717, 1.165) is 29.7 Å².